The van der Waals surface area contributed by atoms with Crippen molar-refractivity contribution in [2.75, 3.05) is 0 Å². The first kappa shape index (κ1) is 6.34. The SMILES string of the molecule is CC[SiH2]C1CCCC1. The van der Waals surface area contributed by atoms with Gasteiger partial charge in [-0.25, -0.2) is 0 Å². The van der Waals surface area contributed by atoms with Crippen molar-refractivity contribution < 1.29 is 0 Å². The van der Waals surface area contributed by atoms with E-state index in [4.69, 9.17) is 0 Å². The van der Waals surface area contributed by atoms with E-state index in [2.05, 4.69) is 6.92 Å². The minimum atomic E-state index is 0.398. The maximum Gasteiger partial charge on any atom is 0.0229 e. The normalized spacial score (nSPS) is 23.6. The highest BCUT2D eigenvalue weighted by Gasteiger charge is 2.12. The van der Waals surface area contributed by atoms with Crippen LogP contribution in [0, 0.1) is 0 Å². The minimum absolute atomic E-state index is 0.398. The van der Waals surface area contributed by atoms with Crippen molar-refractivity contribution in [1.82, 2.24) is 0 Å². The zero-order chi connectivity index (χ0) is 5.82. The molecule has 1 saturated carbocycles. The third-order valence-electron chi connectivity index (χ3n) is 2.17. The summed E-state index contributed by atoms with van der Waals surface area (Å²) in [5.41, 5.74) is 1.25. The van der Waals surface area contributed by atoms with Crippen LogP contribution >= 0.6 is 0 Å². The molecule has 1 aliphatic carbocycles. The molecule has 0 aliphatic heterocycles. The van der Waals surface area contributed by atoms with Crippen molar-refractivity contribution in [2.45, 2.75) is 44.2 Å². The van der Waals surface area contributed by atoms with E-state index in [9.17, 15) is 0 Å². The summed E-state index contributed by atoms with van der Waals surface area (Å²) in [5, 5.41) is 0. The van der Waals surface area contributed by atoms with Crippen molar-refractivity contribution in [3.05, 3.63) is 0 Å². The average Bonchev–Trinajstić information content (AvgIpc) is 2.19. The lowest BCUT2D eigenvalue weighted by Gasteiger charge is -2.02. The quantitative estimate of drug-likeness (QED) is 0.499. The van der Waals surface area contributed by atoms with Gasteiger partial charge in [0.1, 0.15) is 0 Å². The van der Waals surface area contributed by atoms with Crippen molar-refractivity contribution in [3.63, 3.8) is 0 Å². The van der Waals surface area contributed by atoms with Gasteiger partial charge in [-0.2, -0.15) is 0 Å². The monoisotopic (exact) mass is 128 g/mol. The Morgan fingerprint density at radius 2 is 2.00 bits per heavy atom. The second-order valence-corrected chi connectivity index (χ2v) is 5.67. The van der Waals surface area contributed by atoms with Gasteiger partial charge in [0.25, 0.3) is 0 Å². The van der Waals surface area contributed by atoms with Gasteiger partial charge in [-0.05, 0) is 0 Å². The van der Waals surface area contributed by atoms with E-state index >= 15 is 0 Å². The molecule has 48 valence electrons. The highest BCUT2D eigenvalue weighted by Crippen LogP contribution is 2.29. The molecule has 0 amide bonds. The number of rotatable bonds is 2. The molecule has 0 atom stereocenters. The summed E-state index contributed by atoms with van der Waals surface area (Å²) < 4.78 is 0. The van der Waals surface area contributed by atoms with E-state index in [0.717, 1.165) is 0 Å². The molecule has 1 heteroatoms. The molecule has 0 aromatic carbocycles. The summed E-state index contributed by atoms with van der Waals surface area (Å²) in [6.07, 6.45) is 6.25. The molecule has 0 N–H and O–H groups in total. The predicted molar refractivity (Wildman–Crippen MR) is 41.2 cm³/mol. The fourth-order valence-corrected chi connectivity index (χ4v) is 3.68. The van der Waals surface area contributed by atoms with Crippen molar-refractivity contribution >= 4 is 9.52 Å². The minimum Gasteiger partial charge on any atom is -0.0683 e. The molecule has 0 unspecified atom stereocenters. The van der Waals surface area contributed by atoms with Gasteiger partial charge in [0.15, 0.2) is 0 Å². The summed E-state index contributed by atoms with van der Waals surface area (Å²) in [5.74, 6) is 0. The summed E-state index contributed by atoms with van der Waals surface area (Å²) in [6, 6.07) is 1.53. The second kappa shape index (κ2) is 3.28. The topological polar surface area (TPSA) is 0 Å². The Bertz CT molecular complexity index is 55.4. The Labute approximate surface area is 54.5 Å². The van der Waals surface area contributed by atoms with Gasteiger partial charge in [0.05, 0.1) is 0 Å². The highest BCUT2D eigenvalue weighted by atomic mass is 28.2. The van der Waals surface area contributed by atoms with Gasteiger partial charge in [-0.1, -0.05) is 44.2 Å². The van der Waals surface area contributed by atoms with E-state index in [0.29, 0.717) is 9.52 Å². The van der Waals surface area contributed by atoms with Crippen molar-refractivity contribution in [2.24, 2.45) is 0 Å². The van der Waals surface area contributed by atoms with Gasteiger partial charge in [0, 0.05) is 9.52 Å². The second-order valence-electron chi connectivity index (χ2n) is 2.94. The molecule has 0 aromatic rings. The highest BCUT2D eigenvalue weighted by molar-refractivity contribution is 6.37. The Morgan fingerprint density at radius 3 is 2.50 bits per heavy atom. The Hall–Kier alpha value is 0.217. The van der Waals surface area contributed by atoms with Crippen LogP contribution in [0.3, 0.4) is 0 Å². The van der Waals surface area contributed by atoms with Crippen LogP contribution in [0.1, 0.15) is 32.6 Å². The molecule has 0 aromatic heterocycles. The standard InChI is InChI=1S/C7H16Si/c1-2-8-7-5-3-4-6-7/h7H,2-6,8H2,1H3. The third-order valence-corrected chi connectivity index (χ3v) is 4.38. The molecule has 8 heavy (non-hydrogen) atoms. The number of hydrogen-bond acceptors (Lipinski definition) is 0. The van der Waals surface area contributed by atoms with Gasteiger partial charge in [-0.3, -0.25) is 0 Å². The third kappa shape index (κ3) is 1.62. The fraction of sp³-hybridized carbons (Fsp3) is 1.00. The lowest BCUT2D eigenvalue weighted by atomic mass is 10.4. The van der Waals surface area contributed by atoms with Crippen LogP contribution in [-0.2, 0) is 0 Å². The van der Waals surface area contributed by atoms with E-state index in [1.807, 2.05) is 0 Å². The first-order valence-corrected chi connectivity index (χ1v) is 5.75. The molecular formula is C7H16Si. The Morgan fingerprint density at radius 1 is 1.38 bits per heavy atom. The van der Waals surface area contributed by atoms with Gasteiger partial charge >= 0.3 is 0 Å². The fourth-order valence-electron chi connectivity index (χ4n) is 1.71. The summed E-state index contributed by atoms with van der Waals surface area (Å²) >= 11 is 0. The molecule has 0 bridgehead atoms. The maximum atomic E-state index is 2.35. The molecule has 1 rings (SSSR count). The van der Waals surface area contributed by atoms with Gasteiger partial charge in [0.2, 0.25) is 0 Å². The summed E-state index contributed by atoms with van der Waals surface area (Å²) in [6.45, 7) is 2.35. The van der Waals surface area contributed by atoms with Crippen LogP contribution in [0.25, 0.3) is 0 Å². The van der Waals surface area contributed by atoms with E-state index < -0.39 is 0 Å². The first-order valence-electron chi connectivity index (χ1n) is 3.93. The van der Waals surface area contributed by atoms with E-state index in [1.165, 1.54) is 24.4 Å². The smallest absolute Gasteiger partial charge is 0.0229 e. The number of hydrogen-bond donors (Lipinski definition) is 0. The van der Waals surface area contributed by atoms with Crippen LogP contribution < -0.4 is 0 Å². The zero-order valence-electron chi connectivity index (χ0n) is 5.82. The van der Waals surface area contributed by atoms with Crippen LogP contribution in [0.5, 0.6) is 0 Å². The van der Waals surface area contributed by atoms with Crippen molar-refractivity contribution in [3.8, 4) is 0 Å². The van der Waals surface area contributed by atoms with Gasteiger partial charge < -0.3 is 0 Å². The van der Waals surface area contributed by atoms with Gasteiger partial charge in [-0.15, -0.1) is 0 Å². The molecule has 0 saturated heterocycles. The Kier molecular flexibility index (Phi) is 2.60. The lowest BCUT2D eigenvalue weighted by Crippen LogP contribution is -1.95. The van der Waals surface area contributed by atoms with Crippen LogP contribution in [0.2, 0.25) is 11.6 Å². The molecule has 0 heterocycles. The first-order chi connectivity index (χ1) is 3.93. The average molecular weight is 128 g/mol. The largest absolute Gasteiger partial charge is 0.0683 e. The molecule has 0 radical (unpaired) electrons. The van der Waals surface area contributed by atoms with Crippen LogP contribution in [-0.4, -0.2) is 9.52 Å². The summed E-state index contributed by atoms with van der Waals surface area (Å²) in [7, 11) is 0.398. The molecule has 1 aliphatic rings. The molecule has 1 fully saturated rings. The van der Waals surface area contributed by atoms with E-state index in [1.54, 1.807) is 12.8 Å². The summed E-state index contributed by atoms with van der Waals surface area (Å²) in [4.78, 5) is 0. The predicted octanol–water partition coefficient (Wildman–Crippen LogP) is 1.96. The molecule has 0 spiro atoms. The molecule has 0 nitrogen and oxygen atoms in total. The Balaban J connectivity index is 2.06. The lowest BCUT2D eigenvalue weighted by molar-refractivity contribution is 0.863. The zero-order valence-corrected chi connectivity index (χ0v) is 7.23. The maximum absolute atomic E-state index is 2.35. The van der Waals surface area contributed by atoms with Crippen LogP contribution in [0.15, 0.2) is 0 Å². The van der Waals surface area contributed by atoms with Crippen LogP contribution in [0.4, 0.5) is 0 Å². The van der Waals surface area contributed by atoms with Crippen molar-refractivity contribution in [1.29, 1.82) is 0 Å². The van der Waals surface area contributed by atoms with E-state index in [-0.39, 0.29) is 0 Å². The molecular weight excluding hydrogens is 112 g/mol.